The summed E-state index contributed by atoms with van der Waals surface area (Å²) in [5, 5.41) is 5.75. The highest BCUT2D eigenvalue weighted by Gasteiger charge is 2.12. The van der Waals surface area contributed by atoms with Crippen LogP contribution in [0, 0.1) is 0 Å². The number of piperidine rings is 1. The van der Waals surface area contributed by atoms with Gasteiger partial charge in [-0.25, -0.2) is 14.8 Å². The largest absolute Gasteiger partial charge is 0.475 e. The van der Waals surface area contributed by atoms with Crippen molar-refractivity contribution in [3.63, 3.8) is 0 Å². The first kappa shape index (κ1) is 19.9. The topological polar surface area (TPSA) is 79.4 Å². The minimum Gasteiger partial charge on any atom is -0.475 e. The number of hydrogen-bond acceptors (Lipinski definition) is 5. The van der Waals surface area contributed by atoms with Crippen LogP contribution in [-0.2, 0) is 13.1 Å². The van der Waals surface area contributed by atoms with Crippen molar-refractivity contribution in [1.29, 1.82) is 0 Å². The Morgan fingerprint density at radius 1 is 1.07 bits per heavy atom. The van der Waals surface area contributed by atoms with E-state index >= 15 is 0 Å². The Morgan fingerprint density at radius 2 is 1.82 bits per heavy atom. The van der Waals surface area contributed by atoms with E-state index in [1.54, 1.807) is 6.20 Å². The highest BCUT2D eigenvalue weighted by atomic mass is 16.5. The molecule has 28 heavy (non-hydrogen) atoms. The van der Waals surface area contributed by atoms with Crippen molar-refractivity contribution >= 4 is 11.8 Å². The monoisotopic (exact) mass is 383 g/mol. The molecule has 2 aromatic rings. The summed E-state index contributed by atoms with van der Waals surface area (Å²) in [6.07, 6.45) is 7.33. The zero-order valence-corrected chi connectivity index (χ0v) is 16.6. The highest BCUT2D eigenvalue weighted by Crippen LogP contribution is 2.18. The SMILES string of the molecule is CC(C)Oc1ccc(CNC(=O)NCc2ccnc(N3CCCCC3)c2)cn1. The van der Waals surface area contributed by atoms with Crippen LogP contribution in [0.25, 0.3) is 0 Å². The van der Waals surface area contributed by atoms with Crippen molar-refractivity contribution in [2.24, 2.45) is 0 Å². The Morgan fingerprint density at radius 3 is 2.50 bits per heavy atom. The molecular formula is C21H29N5O2. The number of pyridine rings is 2. The Hall–Kier alpha value is -2.83. The Balaban J connectivity index is 1.44. The Kier molecular flexibility index (Phi) is 7.06. The Labute approximate surface area is 166 Å². The van der Waals surface area contributed by atoms with E-state index in [4.69, 9.17) is 4.74 Å². The quantitative estimate of drug-likeness (QED) is 0.767. The average Bonchev–Trinajstić information content (AvgIpc) is 2.72. The number of nitrogens with zero attached hydrogens (tertiary/aromatic N) is 3. The van der Waals surface area contributed by atoms with Gasteiger partial charge in [0, 0.05) is 44.6 Å². The zero-order chi connectivity index (χ0) is 19.8. The second-order valence-corrected chi connectivity index (χ2v) is 7.28. The molecule has 2 N–H and O–H groups in total. The number of rotatable bonds is 7. The second kappa shape index (κ2) is 9.92. The highest BCUT2D eigenvalue weighted by molar-refractivity contribution is 5.73. The van der Waals surface area contributed by atoms with E-state index < -0.39 is 0 Å². The molecule has 2 amide bonds. The van der Waals surface area contributed by atoms with Crippen molar-refractivity contribution in [1.82, 2.24) is 20.6 Å². The summed E-state index contributed by atoms with van der Waals surface area (Å²) in [5.41, 5.74) is 1.96. The Bertz CT molecular complexity index is 758. The van der Waals surface area contributed by atoms with Gasteiger partial charge in [-0.15, -0.1) is 0 Å². The number of carbonyl (C=O) groups is 1. The normalized spacial score (nSPS) is 14.0. The number of hydrogen-bond donors (Lipinski definition) is 2. The molecule has 1 fully saturated rings. The van der Waals surface area contributed by atoms with E-state index in [1.165, 1.54) is 19.3 Å². The molecule has 3 rings (SSSR count). The number of aromatic nitrogens is 2. The molecule has 3 heterocycles. The lowest BCUT2D eigenvalue weighted by molar-refractivity contribution is 0.232. The molecule has 0 atom stereocenters. The van der Waals surface area contributed by atoms with Gasteiger partial charge in [-0.1, -0.05) is 6.07 Å². The van der Waals surface area contributed by atoms with Crippen LogP contribution in [0.15, 0.2) is 36.7 Å². The lowest BCUT2D eigenvalue weighted by Gasteiger charge is -2.27. The summed E-state index contributed by atoms with van der Waals surface area (Å²) in [4.78, 5) is 23.1. The molecule has 0 saturated carbocycles. The van der Waals surface area contributed by atoms with Crippen molar-refractivity contribution in [3.8, 4) is 5.88 Å². The maximum Gasteiger partial charge on any atom is 0.315 e. The molecule has 150 valence electrons. The standard InChI is InChI=1S/C21H29N5O2/c1-16(2)28-20-7-6-18(14-23-20)15-25-21(27)24-13-17-8-9-22-19(12-17)26-10-4-3-5-11-26/h6-9,12,14,16H,3-5,10-11,13,15H2,1-2H3,(H2,24,25,27). The predicted molar refractivity (Wildman–Crippen MR) is 109 cm³/mol. The molecular weight excluding hydrogens is 354 g/mol. The van der Waals surface area contributed by atoms with Crippen LogP contribution in [0.5, 0.6) is 5.88 Å². The second-order valence-electron chi connectivity index (χ2n) is 7.28. The molecule has 1 saturated heterocycles. The number of anilines is 1. The molecule has 7 heteroatoms. The van der Waals surface area contributed by atoms with E-state index in [9.17, 15) is 4.79 Å². The van der Waals surface area contributed by atoms with E-state index in [-0.39, 0.29) is 12.1 Å². The summed E-state index contributed by atoms with van der Waals surface area (Å²) < 4.78 is 5.52. The molecule has 2 aromatic heterocycles. The molecule has 0 aliphatic carbocycles. The molecule has 0 bridgehead atoms. The first-order valence-corrected chi connectivity index (χ1v) is 9.93. The number of urea groups is 1. The summed E-state index contributed by atoms with van der Waals surface area (Å²) in [6, 6.07) is 7.50. The first-order valence-electron chi connectivity index (χ1n) is 9.93. The van der Waals surface area contributed by atoms with Gasteiger partial charge in [0.05, 0.1) is 6.10 Å². The van der Waals surface area contributed by atoms with Gasteiger partial charge in [-0.05, 0) is 56.4 Å². The van der Waals surface area contributed by atoms with Crippen LogP contribution in [-0.4, -0.2) is 35.2 Å². The third-order valence-electron chi connectivity index (χ3n) is 4.55. The maximum absolute atomic E-state index is 12.1. The van der Waals surface area contributed by atoms with Crippen molar-refractivity contribution in [2.75, 3.05) is 18.0 Å². The molecule has 7 nitrogen and oxygen atoms in total. The predicted octanol–water partition coefficient (Wildman–Crippen LogP) is 3.25. The number of carbonyl (C=O) groups excluding carboxylic acids is 1. The minimum absolute atomic E-state index is 0.0888. The summed E-state index contributed by atoms with van der Waals surface area (Å²) in [7, 11) is 0. The van der Waals surface area contributed by atoms with Crippen LogP contribution in [0.3, 0.4) is 0 Å². The van der Waals surface area contributed by atoms with E-state index in [2.05, 4.69) is 31.6 Å². The maximum atomic E-state index is 12.1. The number of amides is 2. The summed E-state index contributed by atoms with van der Waals surface area (Å²) in [6.45, 7) is 6.91. The fourth-order valence-corrected chi connectivity index (χ4v) is 3.12. The number of ether oxygens (including phenoxy) is 1. The third-order valence-corrected chi connectivity index (χ3v) is 4.55. The fourth-order valence-electron chi connectivity index (χ4n) is 3.12. The third kappa shape index (κ3) is 6.11. The molecule has 0 aromatic carbocycles. The van der Waals surface area contributed by atoms with Crippen LogP contribution in [0.4, 0.5) is 10.6 Å². The van der Waals surface area contributed by atoms with Gasteiger partial charge < -0.3 is 20.3 Å². The van der Waals surface area contributed by atoms with Gasteiger partial charge in [0.2, 0.25) is 5.88 Å². The van der Waals surface area contributed by atoms with Gasteiger partial charge in [0.1, 0.15) is 5.82 Å². The smallest absolute Gasteiger partial charge is 0.315 e. The minimum atomic E-state index is -0.209. The molecule has 0 spiro atoms. The lowest BCUT2D eigenvalue weighted by atomic mass is 10.1. The van der Waals surface area contributed by atoms with Crippen molar-refractivity contribution in [3.05, 3.63) is 47.8 Å². The fraction of sp³-hybridized carbons (Fsp3) is 0.476. The molecule has 0 unspecified atom stereocenters. The van der Waals surface area contributed by atoms with E-state index in [1.807, 2.05) is 38.2 Å². The molecule has 1 aliphatic rings. The van der Waals surface area contributed by atoms with Crippen molar-refractivity contribution in [2.45, 2.75) is 52.3 Å². The van der Waals surface area contributed by atoms with E-state index in [0.29, 0.717) is 19.0 Å². The van der Waals surface area contributed by atoms with Crippen LogP contribution in [0.2, 0.25) is 0 Å². The van der Waals surface area contributed by atoms with Gasteiger partial charge >= 0.3 is 6.03 Å². The molecule has 1 aliphatic heterocycles. The summed E-state index contributed by atoms with van der Waals surface area (Å²) in [5.74, 6) is 1.58. The van der Waals surface area contributed by atoms with Crippen molar-refractivity contribution < 1.29 is 9.53 Å². The van der Waals surface area contributed by atoms with Crippen LogP contribution in [0.1, 0.15) is 44.2 Å². The van der Waals surface area contributed by atoms with Crippen LogP contribution >= 0.6 is 0 Å². The average molecular weight is 383 g/mol. The van der Waals surface area contributed by atoms with Gasteiger partial charge in [-0.3, -0.25) is 0 Å². The zero-order valence-electron chi connectivity index (χ0n) is 16.6. The van der Waals surface area contributed by atoms with E-state index in [0.717, 1.165) is 30.0 Å². The summed E-state index contributed by atoms with van der Waals surface area (Å²) >= 11 is 0. The van der Waals surface area contributed by atoms with Crippen LogP contribution < -0.4 is 20.3 Å². The van der Waals surface area contributed by atoms with Gasteiger partial charge in [0.15, 0.2) is 0 Å². The van der Waals surface area contributed by atoms with Gasteiger partial charge in [0.25, 0.3) is 0 Å². The van der Waals surface area contributed by atoms with Gasteiger partial charge in [-0.2, -0.15) is 0 Å². The number of nitrogens with one attached hydrogen (secondary N) is 2. The lowest BCUT2D eigenvalue weighted by Crippen LogP contribution is -2.34. The molecule has 0 radical (unpaired) electrons. The first-order chi connectivity index (χ1) is 13.6.